The van der Waals surface area contributed by atoms with E-state index in [9.17, 15) is 21.6 Å². The average molecular weight is 475 g/mol. The Morgan fingerprint density at radius 1 is 0.788 bits per heavy atom. The fraction of sp³-hybridized carbons (Fsp3) is 0.0870. The van der Waals surface area contributed by atoms with Crippen LogP contribution in [0.25, 0.3) is 28.1 Å². The van der Waals surface area contributed by atoms with Crippen molar-refractivity contribution in [1.82, 2.24) is 9.78 Å². The minimum atomic E-state index is -4.71. The maximum Gasteiger partial charge on any atom is 0.435 e. The van der Waals surface area contributed by atoms with Crippen LogP contribution in [-0.4, -0.2) is 25.2 Å². The van der Waals surface area contributed by atoms with E-state index >= 15 is 0 Å². The zero-order valence-corrected chi connectivity index (χ0v) is 18.3. The van der Waals surface area contributed by atoms with Gasteiger partial charge in [0.2, 0.25) is 10.0 Å². The molecule has 0 aliphatic carbocycles. The maximum atomic E-state index is 14.0. The highest BCUT2D eigenvalue weighted by Crippen LogP contribution is 2.43. The van der Waals surface area contributed by atoms with Crippen LogP contribution in [0.2, 0.25) is 0 Å². The van der Waals surface area contributed by atoms with Gasteiger partial charge in [0.1, 0.15) is 0 Å². The van der Waals surface area contributed by atoms with Crippen molar-refractivity contribution >= 4 is 10.0 Å². The maximum absolute atomic E-state index is 14.0. The number of nitrogens with zero attached hydrogens (tertiary/aromatic N) is 2. The lowest BCUT2D eigenvalue weighted by atomic mass is 9.98. The molecule has 1 heterocycles. The summed E-state index contributed by atoms with van der Waals surface area (Å²) in [4.78, 5) is -0.140. The summed E-state index contributed by atoms with van der Waals surface area (Å²) in [6.07, 6.45) is -4.71. The second-order valence-corrected chi connectivity index (χ2v) is 8.31. The van der Waals surface area contributed by atoms with Crippen LogP contribution in [0.15, 0.2) is 89.8 Å². The molecule has 0 radical (unpaired) electrons. The molecule has 0 bridgehead atoms. The molecule has 1 aromatic heterocycles. The highest BCUT2D eigenvalue weighted by atomic mass is 32.2. The van der Waals surface area contributed by atoms with Crippen LogP contribution in [0.4, 0.5) is 13.2 Å². The van der Waals surface area contributed by atoms with Gasteiger partial charge in [0.25, 0.3) is 0 Å². The molecule has 0 saturated carbocycles. The van der Waals surface area contributed by atoms with Crippen LogP contribution >= 0.6 is 0 Å². The van der Waals surface area contributed by atoms with Crippen molar-refractivity contribution in [2.75, 3.05) is 7.05 Å². The Kier molecular flexibility index (Phi) is 7.01. The van der Waals surface area contributed by atoms with Gasteiger partial charge in [0.15, 0.2) is 5.69 Å². The second kappa shape index (κ2) is 9.57. The minimum absolute atomic E-state index is 0.0969. The Morgan fingerprint density at radius 3 is 1.79 bits per heavy atom. The van der Waals surface area contributed by atoms with Crippen molar-refractivity contribution in [3.05, 3.63) is 90.6 Å². The van der Waals surface area contributed by atoms with E-state index < -0.39 is 21.9 Å². The Balaban J connectivity index is 0.00000149. The quantitative estimate of drug-likeness (QED) is 0.456. The van der Waals surface area contributed by atoms with Crippen LogP contribution < -0.4 is 10.9 Å². The van der Waals surface area contributed by atoms with E-state index in [0.29, 0.717) is 16.8 Å². The lowest BCUT2D eigenvalue weighted by molar-refractivity contribution is -0.140. The van der Waals surface area contributed by atoms with Crippen molar-refractivity contribution in [3.8, 4) is 28.1 Å². The first-order valence-electron chi connectivity index (χ1n) is 9.68. The summed E-state index contributed by atoms with van der Waals surface area (Å²) in [6.45, 7) is 0. The van der Waals surface area contributed by atoms with Crippen molar-refractivity contribution in [1.29, 1.82) is 0 Å². The number of sulfonamides is 1. The Hall–Kier alpha value is -3.47. The normalized spacial score (nSPS) is 11.6. The summed E-state index contributed by atoms with van der Waals surface area (Å²) in [7, 11) is -2.45. The number of primary sulfonamides is 1. The third-order valence-corrected chi connectivity index (χ3v) is 5.60. The zero-order valence-electron chi connectivity index (χ0n) is 17.5. The van der Waals surface area contributed by atoms with Gasteiger partial charge in [-0.15, -0.1) is 0 Å². The molecule has 0 fully saturated rings. The van der Waals surface area contributed by atoms with Gasteiger partial charge in [-0.2, -0.15) is 18.3 Å². The fourth-order valence-electron chi connectivity index (χ4n) is 3.32. The monoisotopic (exact) mass is 474 g/mol. The van der Waals surface area contributed by atoms with Gasteiger partial charge in [0, 0.05) is 11.1 Å². The Morgan fingerprint density at radius 2 is 1.30 bits per heavy atom. The highest BCUT2D eigenvalue weighted by molar-refractivity contribution is 7.89. The van der Waals surface area contributed by atoms with Gasteiger partial charge in [-0.25, -0.2) is 18.2 Å². The SMILES string of the molecule is CN.NS(=O)(=O)c1ccc(-c2c(-c3ccccc3)c(C(F)(F)F)nn2-c2ccccc2)cc1. The van der Waals surface area contributed by atoms with E-state index in [1.807, 2.05) is 0 Å². The van der Waals surface area contributed by atoms with Gasteiger partial charge in [-0.05, 0) is 36.9 Å². The summed E-state index contributed by atoms with van der Waals surface area (Å²) in [5, 5.41) is 9.08. The summed E-state index contributed by atoms with van der Waals surface area (Å²) in [5.41, 5.74) is 4.68. The third-order valence-electron chi connectivity index (χ3n) is 4.67. The number of aromatic nitrogens is 2. The standard InChI is InChI=1S/C22H16F3N3O2S.CH5N/c23-22(24,25)21-19(15-7-3-1-4-8-15)20(28(27-21)17-9-5-2-6-10-17)16-11-13-18(14-12-16)31(26,29)30;1-2/h1-14H,(H2,26,29,30);2H2,1H3. The number of para-hydroxylation sites is 1. The average Bonchev–Trinajstić information content (AvgIpc) is 3.22. The van der Waals surface area contributed by atoms with Crippen LogP contribution in [-0.2, 0) is 16.2 Å². The van der Waals surface area contributed by atoms with Gasteiger partial charge in [-0.1, -0.05) is 60.7 Å². The summed E-state index contributed by atoms with van der Waals surface area (Å²) >= 11 is 0. The largest absolute Gasteiger partial charge is 0.435 e. The molecule has 172 valence electrons. The molecule has 6 nitrogen and oxygen atoms in total. The number of rotatable bonds is 4. The smallest absolute Gasteiger partial charge is 0.333 e. The number of halogens is 3. The van der Waals surface area contributed by atoms with Crippen molar-refractivity contribution < 1.29 is 21.6 Å². The molecule has 10 heteroatoms. The lowest BCUT2D eigenvalue weighted by Gasteiger charge is -2.12. The molecular weight excluding hydrogens is 453 g/mol. The van der Waals surface area contributed by atoms with Crippen molar-refractivity contribution in [2.24, 2.45) is 10.9 Å². The first-order valence-corrected chi connectivity index (χ1v) is 11.2. The number of alkyl halides is 3. The molecule has 0 spiro atoms. The summed E-state index contributed by atoms with van der Waals surface area (Å²) < 4.78 is 66.5. The Bertz CT molecular complexity index is 1320. The molecule has 3 aromatic carbocycles. The van der Waals surface area contributed by atoms with Crippen LogP contribution in [0.1, 0.15) is 5.69 Å². The number of nitrogens with two attached hydrogens (primary N) is 2. The van der Waals surface area contributed by atoms with Gasteiger partial charge in [-0.3, -0.25) is 0 Å². The molecule has 4 N–H and O–H groups in total. The molecule has 0 amide bonds. The zero-order chi connectivity index (χ0) is 24.2. The molecule has 33 heavy (non-hydrogen) atoms. The van der Waals surface area contributed by atoms with E-state index in [1.54, 1.807) is 60.7 Å². The topological polar surface area (TPSA) is 104 Å². The fourth-order valence-corrected chi connectivity index (χ4v) is 3.84. The Labute approximate surface area is 189 Å². The van der Waals surface area contributed by atoms with Crippen molar-refractivity contribution in [3.63, 3.8) is 0 Å². The van der Waals surface area contributed by atoms with Crippen LogP contribution in [0.5, 0.6) is 0 Å². The summed E-state index contributed by atoms with van der Waals surface area (Å²) in [5.74, 6) is 0. The molecule has 0 atom stereocenters. The van der Waals surface area contributed by atoms with Crippen LogP contribution in [0.3, 0.4) is 0 Å². The molecule has 4 rings (SSSR count). The molecular formula is C23H21F3N4O2S. The minimum Gasteiger partial charge on any atom is -0.333 e. The lowest BCUT2D eigenvalue weighted by Crippen LogP contribution is -2.11. The van der Waals surface area contributed by atoms with Gasteiger partial charge in [0.05, 0.1) is 16.3 Å². The van der Waals surface area contributed by atoms with Gasteiger partial charge < -0.3 is 5.73 Å². The molecule has 0 aliphatic heterocycles. The van der Waals surface area contributed by atoms with E-state index in [0.717, 1.165) is 0 Å². The number of hydrogen-bond donors (Lipinski definition) is 2. The molecule has 0 saturated heterocycles. The second-order valence-electron chi connectivity index (χ2n) is 6.75. The van der Waals surface area contributed by atoms with E-state index in [2.05, 4.69) is 10.8 Å². The predicted molar refractivity (Wildman–Crippen MR) is 121 cm³/mol. The third kappa shape index (κ3) is 5.14. The van der Waals surface area contributed by atoms with Gasteiger partial charge >= 0.3 is 6.18 Å². The van der Waals surface area contributed by atoms with E-state index in [-0.39, 0.29) is 16.2 Å². The first-order chi connectivity index (χ1) is 15.7. The molecule has 4 aromatic rings. The molecule has 0 aliphatic rings. The van der Waals surface area contributed by atoms with Crippen LogP contribution in [0, 0.1) is 0 Å². The summed E-state index contributed by atoms with van der Waals surface area (Å²) in [6, 6.07) is 21.9. The molecule has 0 unspecified atom stereocenters. The number of hydrogen-bond acceptors (Lipinski definition) is 4. The first kappa shape index (κ1) is 24.2. The number of benzene rings is 3. The van der Waals surface area contributed by atoms with Crippen molar-refractivity contribution in [2.45, 2.75) is 11.1 Å². The van der Waals surface area contributed by atoms with E-state index in [1.165, 1.54) is 36.0 Å². The van der Waals surface area contributed by atoms with E-state index in [4.69, 9.17) is 5.14 Å². The highest BCUT2D eigenvalue weighted by Gasteiger charge is 2.40. The predicted octanol–water partition coefficient (Wildman–Crippen LogP) is 4.45.